The molecule has 1 N–H and O–H groups in total. The minimum atomic E-state index is -4.46. The van der Waals surface area contributed by atoms with Crippen LogP contribution in [0.3, 0.4) is 0 Å². The summed E-state index contributed by atoms with van der Waals surface area (Å²) in [5.41, 5.74) is -0.256. The fraction of sp³-hybridized carbons (Fsp3) is 0.111. The van der Waals surface area contributed by atoms with Crippen LogP contribution in [0.25, 0.3) is 0 Å². The number of halogens is 3. The van der Waals surface area contributed by atoms with E-state index in [2.05, 4.69) is 10.3 Å². The Kier molecular flexibility index (Phi) is 5.22. The van der Waals surface area contributed by atoms with Crippen molar-refractivity contribution in [1.29, 1.82) is 0 Å². The van der Waals surface area contributed by atoms with Crippen molar-refractivity contribution in [2.45, 2.75) is 12.7 Å². The second-order valence-electron chi connectivity index (χ2n) is 5.26. The smallest absolute Gasteiger partial charge is 0.416 e. The van der Waals surface area contributed by atoms with Crippen molar-refractivity contribution < 1.29 is 22.7 Å². The van der Waals surface area contributed by atoms with E-state index in [1.165, 1.54) is 29.7 Å². The molecule has 0 radical (unpaired) electrons. The van der Waals surface area contributed by atoms with Crippen LogP contribution in [0.5, 0.6) is 11.6 Å². The van der Waals surface area contributed by atoms with Crippen molar-refractivity contribution in [3.05, 3.63) is 76.1 Å². The van der Waals surface area contributed by atoms with Crippen LogP contribution in [-0.2, 0) is 12.7 Å². The Hall–Kier alpha value is -2.87. The standard InChI is InChI=1S/C18H13F3N2O2S/c19-18(20,21)13-5-1-6-14(10-13)25-17-12(4-2-8-22-17)11-23-16(24)15-7-3-9-26-15/h1-10H,11H2,(H,23,24). The monoisotopic (exact) mass is 378 g/mol. The second kappa shape index (κ2) is 7.57. The quantitative estimate of drug-likeness (QED) is 0.688. The lowest BCUT2D eigenvalue weighted by Gasteiger charge is -2.12. The van der Waals surface area contributed by atoms with E-state index < -0.39 is 11.7 Å². The van der Waals surface area contributed by atoms with Gasteiger partial charge in [0.25, 0.3) is 5.91 Å². The highest BCUT2D eigenvalue weighted by molar-refractivity contribution is 7.12. The lowest BCUT2D eigenvalue weighted by molar-refractivity contribution is -0.137. The summed E-state index contributed by atoms with van der Waals surface area (Å²) in [6.07, 6.45) is -2.99. The van der Waals surface area contributed by atoms with Gasteiger partial charge in [0.15, 0.2) is 0 Å². The minimum absolute atomic E-state index is 0.0179. The van der Waals surface area contributed by atoms with E-state index in [-0.39, 0.29) is 24.1 Å². The zero-order chi connectivity index (χ0) is 18.6. The lowest BCUT2D eigenvalue weighted by atomic mass is 10.2. The number of amides is 1. The van der Waals surface area contributed by atoms with Gasteiger partial charge in [-0.1, -0.05) is 18.2 Å². The lowest BCUT2D eigenvalue weighted by Crippen LogP contribution is -2.22. The number of carbonyl (C=O) groups is 1. The maximum Gasteiger partial charge on any atom is 0.416 e. The summed E-state index contributed by atoms with van der Waals surface area (Å²) in [7, 11) is 0. The van der Waals surface area contributed by atoms with E-state index in [0.29, 0.717) is 10.4 Å². The molecule has 8 heteroatoms. The SMILES string of the molecule is O=C(NCc1cccnc1Oc1cccc(C(F)(F)F)c1)c1cccs1. The molecule has 0 aliphatic heterocycles. The molecule has 0 aliphatic carbocycles. The molecule has 26 heavy (non-hydrogen) atoms. The van der Waals surface area contributed by atoms with E-state index in [1.807, 2.05) is 0 Å². The molecular formula is C18H13F3N2O2S. The van der Waals surface area contributed by atoms with Crippen molar-refractivity contribution >= 4 is 17.2 Å². The van der Waals surface area contributed by atoms with E-state index in [1.54, 1.807) is 29.6 Å². The zero-order valence-electron chi connectivity index (χ0n) is 13.3. The molecule has 2 heterocycles. The van der Waals surface area contributed by atoms with E-state index in [4.69, 9.17) is 4.74 Å². The Labute approximate surface area is 151 Å². The predicted molar refractivity (Wildman–Crippen MR) is 91.2 cm³/mol. The second-order valence-corrected chi connectivity index (χ2v) is 6.20. The topological polar surface area (TPSA) is 51.2 Å². The number of nitrogens with one attached hydrogen (secondary N) is 1. The van der Waals surface area contributed by atoms with Gasteiger partial charge in [0, 0.05) is 18.3 Å². The van der Waals surface area contributed by atoms with Crippen molar-refractivity contribution in [1.82, 2.24) is 10.3 Å². The average Bonchev–Trinajstić information content (AvgIpc) is 3.15. The third-order valence-electron chi connectivity index (χ3n) is 3.41. The third kappa shape index (κ3) is 4.40. The molecule has 0 spiro atoms. The third-order valence-corrected chi connectivity index (χ3v) is 4.28. The van der Waals surface area contributed by atoms with Gasteiger partial charge in [-0.05, 0) is 35.7 Å². The summed E-state index contributed by atoms with van der Waals surface area (Å²) in [4.78, 5) is 16.6. The predicted octanol–water partition coefficient (Wildman–Crippen LogP) is 4.88. The maximum absolute atomic E-state index is 12.8. The van der Waals surface area contributed by atoms with E-state index in [0.717, 1.165) is 12.1 Å². The number of nitrogens with zero attached hydrogens (tertiary/aromatic N) is 1. The number of pyridine rings is 1. The highest BCUT2D eigenvalue weighted by Crippen LogP contribution is 2.32. The van der Waals surface area contributed by atoms with Gasteiger partial charge in [0.05, 0.1) is 10.4 Å². The summed E-state index contributed by atoms with van der Waals surface area (Å²) in [6, 6.07) is 11.4. The average molecular weight is 378 g/mol. The maximum atomic E-state index is 12.8. The van der Waals surface area contributed by atoms with Crippen LogP contribution in [0, 0.1) is 0 Å². The summed E-state index contributed by atoms with van der Waals surface area (Å²) < 4.78 is 43.9. The van der Waals surface area contributed by atoms with Crippen LogP contribution < -0.4 is 10.1 Å². The Morgan fingerprint density at radius 3 is 2.73 bits per heavy atom. The van der Waals surface area contributed by atoms with Gasteiger partial charge in [-0.25, -0.2) is 4.98 Å². The molecule has 0 bridgehead atoms. The number of ether oxygens (including phenoxy) is 1. The number of hydrogen-bond acceptors (Lipinski definition) is 4. The minimum Gasteiger partial charge on any atom is -0.439 e. The Bertz CT molecular complexity index is 895. The summed E-state index contributed by atoms with van der Waals surface area (Å²) in [5, 5.41) is 4.53. The largest absolute Gasteiger partial charge is 0.439 e. The van der Waals surface area contributed by atoms with Crippen LogP contribution >= 0.6 is 11.3 Å². The first-order valence-electron chi connectivity index (χ1n) is 7.54. The molecule has 0 unspecified atom stereocenters. The molecule has 134 valence electrons. The van der Waals surface area contributed by atoms with Gasteiger partial charge in [-0.15, -0.1) is 11.3 Å². The molecule has 3 rings (SSSR count). The van der Waals surface area contributed by atoms with E-state index >= 15 is 0 Å². The molecule has 0 fully saturated rings. The van der Waals surface area contributed by atoms with Gasteiger partial charge in [0.1, 0.15) is 5.75 Å². The molecular weight excluding hydrogens is 365 g/mol. The molecule has 0 aliphatic rings. The number of thiophene rings is 1. The van der Waals surface area contributed by atoms with Crippen molar-refractivity contribution in [3.63, 3.8) is 0 Å². The molecule has 1 amide bonds. The van der Waals surface area contributed by atoms with Crippen LogP contribution in [0.15, 0.2) is 60.1 Å². The molecule has 0 saturated carbocycles. The first-order chi connectivity index (χ1) is 12.4. The summed E-state index contributed by atoms with van der Waals surface area (Å²) in [6.45, 7) is 0.138. The number of benzene rings is 1. The molecule has 3 aromatic rings. The summed E-state index contributed by atoms with van der Waals surface area (Å²) >= 11 is 1.31. The van der Waals surface area contributed by atoms with Crippen molar-refractivity contribution in [2.75, 3.05) is 0 Å². The molecule has 0 saturated heterocycles. The van der Waals surface area contributed by atoms with Gasteiger partial charge < -0.3 is 10.1 Å². The molecule has 4 nitrogen and oxygen atoms in total. The van der Waals surface area contributed by atoms with Crippen LogP contribution in [0.4, 0.5) is 13.2 Å². The normalized spacial score (nSPS) is 11.2. The Balaban J connectivity index is 1.74. The van der Waals surface area contributed by atoms with Crippen LogP contribution in [0.1, 0.15) is 20.8 Å². The molecule has 1 aromatic carbocycles. The Morgan fingerprint density at radius 1 is 1.15 bits per heavy atom. The van der Waals surface area contributed by atoms with Crippen molar-refractivity contribution in [3.8, 4) is 11.6 Å². The molecule has 0 atom stereocenters. The van der Waals surface area contributed by atoms with Gasteiger partial charge in [-0.3, -0.25) is 4.79 Å². The number of rotatable bonds is 5. The van der Waals surface area contributed by atoms with Crippen LogP contribution in [0.2, 0.25) is 0 Å². The van der Waals surface area contributed by atoms with Gasteiger partial charge >= 0.3 is 6.18 Å². The first-order valence-corrected chi connectivity index (χ1v) is 8.42. The highest BCUT2D eigenvalue weighted by atomic mass is 32.1. The first kappa shape index (κ1) is 17.9. The summed E-state index contributed by atoms with van der Waals surface area (Å²) in [5.74, 6) is -0.0865. The number of carbonyl (C=O) groups excluding carboxylic acids is 1. The number of alkyl halides is 3. The van der Waals surface area contributed by atoms with Crippen LogP contribution in [-0.4, -0.2) is 10.9 Å². The fourth-order valence-electron chi connectivity index (χ4n) is 2.17. The van der Waals surface area contributed by atoms with Gasteiger partial charge in [-0.2, -0.15) is 13.2 Å². The highest BCUT2D eigenvalue weighted by Gasteiger charge is 2.30. The van der Waals surface area contributed by atoms with E-state index in [9.17, 15) is 18.0 Å². The fourth-order valence-corrected chi connectivity index (χ4v) is 2.81. The number of hydrogen-bond donors (Lipinski definition) is 1. The molecule has 2 aromatic heterocycles. The zero-order valence-corrected chi connectivity index (χ0v) is 14.1. The van der Waals surface area contributed by atoms with Crippen molar-refractivity contribution in [2.24, 2.45) is 0 Å². The number of aromatic nitrogens is 1. The van der Waals surface area contributed by atoms with Gasteiger partial charge in [0.2, 0.25) is 5.88 Å². The Morgan fingerprint density at radius 2 is 2.00 bits per heavy atom.